The molecule has 0 aromatic carbocycles. The van der Waals surface area contributed by atoms with Crippen molar-refractivity contribution in [3.05, 3.63) is 0 Å². The molecule has 1 aliphatic carbocycles. The lowest BCUT2D eigenvalue weighted by Crippen LogP contribution is -2.56. The van der Waals surface area contributed by atoms with Gasteiger partial charge in [0.2, 0.25) is 0 Å². The predicted molar refractivity (Wildman–Crippen MR) is 49.2 cm³/mol. The molecule has 0 aromatic rings. The summed E-state index contributed by atoms with van der Waals surface area (Å²) in [6, 6.07) is 2.15. The van der Waals surface area contributed by atoms with Crippen molar-refractivity contribution in [1.29, 1.82) is 0 Å². The second-order valence-electron chi connectivity index (χ2n) is 4.27. The van der Waals surface area contributed by atoms with Crippen molar-refractivity contribution in [1.82, 2.24) is 4.90 Å². The van der Waals surface area contributed by atoms with Crippen LogP contribution in [0.25, 0.3) is 0 Å². The molecule has 0 spiro atoms. The molecule has 0 bridgehead atoms. The predicted octanol–water partition coefficient (Wildman–Crippen LogP) is 1.65. The number of morpholine rings is 1. The quantitative estimate of drug-likeness (QED) is 0.592. The standard InChI is InChI=1S/C10H19NO/c1-8-6-12-7-9(2)11(8)10-4-3-5-10/h8-10H,3-7H2,1-2H3. The van der Waals surface area contributed by atoms with E-state index >= 15 is 0 Å². The molecule has 2 rings (SSSR count). The minimum atomic E-state index is 0.638. The van der Waals surface area contributed by atoms with Gasteiger partial charge in [-0.2, -0.15) is 0 Å². The lowest BCUT2D eigenvalue weighted by atomic mass is 9.89. The summed E-state index contributed by atoms with van der Waals surface area (Å²) >= 11 is 0. The van der Waals surface area contributed by atoms with Gasteiger partial charge in [0.05, 0.1) is 13.2 Å². The Hall–Kier alpha value is -0.0800. The van der Waals surface area contributed by atoms with E-state index in [2.05, 4.69) is 18.7 Å². The molecule has 2 aliphatic rings. The van der Waals surface area contributed by atoms with Crippen LogP contribution in [0, 0.1) is 0 Å². The molecule has 0 N–H and O–H groups in total. The highest BCUT2D eigenvalue weighted by molar-refractivity contribution is 4.88. The monoisotopic (exact) mass is 169 g/mol. The second kappa shape index (κ2) is 3.35. The fourth-order valence-corrected chi connectivity index (χ4v) is 2.42. The van der Waals surface area contributed by atoms with Crippen LogP contribution in [-0.4, -0.2) is 36.2 Å². The van der Waals surface area contributed by atoms with Gasteiger partial charge in [-0.25, -0.2) is 0 Å². The summed E-state index contributed by atoms with van der Waals surface area (Å²) in [4.78, 5) is 2.66. The van der Waals surface area contributed by atoms with Crippen molar-refractivity contribution in [3.8, 4) is 0 Å². The van der Waals surface area contributed by atoms with Crippen LogP contribution in [0.15, 0.2) is 0 Å². The van der Waals surface area contributed by atoms with Gasteiger partial charge in [0, 0.05) is 18.1 Å². The molecule has 2 heteroatoms. The summed E-state index contributed by atoms with van der Waals surface area (Å²) in [7, 11) is 0. The molecular formula is C10H19NO. The maximum atomic E-state index is 5.50. The van der Waals surface area contributed by atoms with Gasteiger partial charge in [-0.05, 0) is 26.7 Å². The number of hydrogen-bond donors (Lipinski definition) is 0. The number of ether oxygens (including phenoxy) is 1. The van der Waals surface area contributed by atoms with Gasteiger partial charge in [-0.1, -0.05) is 6.42 Å². The highest BCUT2D eigenvalue weighted by Gasteiger charge is 2.34. The third-order valence-electron chi connectivity index (χ3n) is 3.23. The van der Waals surface area contributed by atoms with Gasteiger partial charge in [0.1, 0.15) is 0 Å². The summed E-state index contributed by atoms with van der Waals surface area (Å²) in [5, 5.41) is 0. The molecule has 12 heavy (non-hydrogen) atoms. The molecule has 1 saturated carbocycles. The minimum Gasteiger partial charge on any atom is -0.378 e. The highest BCUT2D eigenvalue weighted by atomic mass is 16.5. The van der Waals surface area contributed by atoms with E-state index in [1.54, 1.807) is 0 Å². The fourth-order valence-electron chi connectivity index (χ4n) is 2.42. The van der Waals surface area contributed by atoms with E-state index in [1.807, 2.05) is 0 Å². The van der Waals surface area contributed by atoms with Crippen molar-refractivity contribution in [3.63, 3.8) is 0 Å². The van der Waals surface area contributed by atoms with E-state index in [4.69, 9.17) is 4.74 Å². The topological polar surface area (TPSA) is 12.5 Å². The Morgan fingerprint density at radius 2 is 1.67 bits per heavy atom. The summed E-state index contributed by atoms with van der Waals surface area (Å²) in [5.41, 5.74) is 0. The number of nitrogens with zero attached hydrogens (tertiary/aromatic N) is 1. The zero-order valence-corrected chi connectivity index (χ0v) is 8.12. The van der Waals surface area contributed by atoms with E-state index in [0.29, 0.717) is 12.1 Å². The lowest BCUT2D eigenvalue weighted by Gasteiger charge is -2.47. The van der Waals surface area contributed by atoms with Crippen LogP contribution in [0.4, 0.5) is 0 Å². The lowest BCUT2D eigenvalue weighted by molar-refractivity contribution is -0.0734. The Bertz CT molecular complexity index is 143. The van der Waals surface area contributed by atoms with Gasteiger partial charge in [-0.3, -0.25) is 4.90 Å². The Kier molecular flexibility index (Phi) is 2.37. The second-order valence-corrected chi connectivity index (χ2v) is 4.27. The largest absolute Gasteiger partial charge is 0.378 e. The number of hydrogen-bond acceptors (Lipinski definition) is 2. The molecule has 2 atom stereocenters. The average molecular weight is 169 g/mol. The summed E-state index contributed by atoms with van der Waals surface area (Å²) in [5.74, 6) is 0. The Morgan fingerprint density at radius 1 is 1.08 bits per heavy atom. The van der Waals surface area contributed by atoms with Crippen LogP contribution in [0.5, 0.6) is 0 Å². The van der Waals surface area contributed by atoms with Crippen LogP contribution >= 0.6 is 0 Å². The van der Waals surface area contributed by atoms with E-state index in [1.165, 1.54) is 19.3 Å². The van der Waals surface area contributed by atoms with Crippen molar-refractivity contribution in [2.75, 3.05) is 13.2 Å². The van der Waals surface area contributed by atoms with Crippen LogP contribution in [0.3, 0.4) is 0 Å². The Balaban J connectivity index is 1.97. The molecule has 2 nitrogen and oxygen atoms in total. The van der Waals surface area contributed by atoms with Crippen LogP contribution in [-0.2, 0) is 4.74 Å². The highest BCUT2D eigenvalue weighted by Crippen LogP contribution is 2.29. The van der Waals surface area contributed by atoms with E-state index < -0.39 is 0 Å². The smallest absolute Gasteiger partial charge is 0.0620 e. The SMILES string of the molecule is CC1COCC(C)N1C1CCC1. The van der Waals surface area contributed by atoms with Crippen LogP contribution in [0.1, 0.15) is 33.1 Å². The van der Waals surface area contributed by atoms with E-state index in [0.717, 1.165) is 19.3 Å². The molecule has 70 valence electrons. The molecule has 0 aromatic heterocycles. The van der Waals surface area contributed by atoms with Gasteiger partial charge in [-0.15, -0.1) is 0 Å². The van der Waals surface area contributed by atoms with E-state index in [-0.39, 0.29) is 0 Å². The van der Waals surface area contributed by atoms with Gasteiger partial charge < -0.3 is 4.74 Å². The van der Waals surface area contributed by atoms with Gasteiger partial charge in [0.15, 0.2) is 0 Å². The first-order chi connectivity index (χ1) is 5.79. The molecule has 2 unspecified atom stereocenters. The zero-order chi connectivity index (χ0) is 8.55. The summed E-state index contributed by atoms with van der Waals surface area (Å²) in [6.07, 6.45) is 4.25. The minimum absolute atomic E-state index is 0.638. The van der Waals surface area contributed by atoms with E-state index in [9.17, 15) is 0 Å². The molecule has 0 radical (unpaired) electrons. The van der Waals surface area contributed by atoms with Crippen molar-refractivity contribution >= 4 is 0 Å². The number of rotatable bonds is 1. The van der Waals surface area contributed by atoms with Crippen LogP contribution < -0.4 is 0 Å². The van der Waals surface area contributed by atoms with Gasteiger partial charge in [0.25, 0.3) is 0 Å². The first-order valence-electron chi connectivity index (χ1n) is 5.14. The maximum Gasteiger partial charge on any atom is 0.0620 e. The third kappa shape index (κ3) is 1.38. The van der Waals surface area contributed by atoms with Crippen molar-refractivity contribution in [2.45, 2.75) is 51.2 Å². The molecule has 1 saturated heterocycles. The first-order valence-corrected chi connectivity index (χ1v) is 5.14. The van der Waals surface area contributed by atoms with Crippen LogP contribution in [0.2, 0.25) is 0 Å². The fraction of sp³-hybridized carbons (Fsp3) is 1.00. The summed E-state index contributed by atoms with van der Waals surface area (Å²) in [6.45, 7) is 6.43. The molecule has 1 heterocycles. The Labute approximate surface area is 74.9 Å². The first kappa shape index (κ1) is 8.52. The molecular weight excluding hydrogens is 150 g/mol. The van der Waals surface area contributed by atoms with Gasteiger partial charge >= 0.3 is 0 Å². The molecule has 1 aliphatic heterocycles. The third-order valence-corrected chi connectivity index (χ3v) is 3.23. The zero-order valence-electron chi connectivity index (χ0n) is 8.12. The molecule has 2 fully saturated rings. The molecule has 0 amide bonds. The van der Waals surface area contributed by atoms with Crippen molar-refractivity contribution in [2.24, 2.45) is 0 Å². The normalized spacial score (nSPS) is 39.5. The maximum absolute atomic E-state index is 5.50. The Morgan fingerprint density at radius 3 is 2.08 bits per heavy atom. The average Bonchev–Trinajstić information content (AvgIpc) is 1.93. The van der Waals surface area contributed by atoms with Crippen molar-refractivity contribution < 1.29 is 4.74 Å². The summed E-state index contributed by atoms with van der Waals surface area (Å²) < 4.78 is 5.50.